The lowest BCUT2D eigenvalue weighted by atomic mass is 10.2. The van der Waals surface area contributed by atoms with E-state index in [4.69, 9.17) is 9.47 Å². The van der Waals surface area contributed by atoms with Crippen LogP contribution < -0.4 is 5.32 Å². The summed E-state index contributed by atoms with van der Waals surface area (Å²) in [6, 6.07) is 0. The average Bonchev–Trinajstić information content (AvgIpc) is 2.29. The van der Waals surface area contributed by atoms with Crippen molar-refractivity contribution in [2.45, 2.75) is 11.9 Å². The monoisotopic (exact) mass is 207 g/mol. The minimum Gasteiger partial charge on any atom is -0.345 e. The van der Waals surface area contributed by atoms with Gasteiger partial charge in [0.1, 0.15) is 0 Å². The number of alkyl halides is 1. The van der Waals surface area contributed by atoms with Crippen molar-refractivity contribution in [1.29, 1.82) is 0 Å². The summed E-state index contributed by atoms with van der Waals surface area (Å²) in [5.41, 5.74) is 0. The normalized spacial score (nSPS) is 36.3. The third-order valence-electron chi connectivity index (χ3n) is 1.87. The Balaban J connectivity index is 1.92. The maximum absolute atomic E-state index is 5.60. The maximum Gasteiger partial charge on any atom is 0.193 e. The first-order valence-electron chi connectivity index (χ1n) is 3.43. The third-order valence-corrected chi connectivity index (χ3v) is 2.60. The summed E-state index contributed by atoms with van der Waals surface area (Å²) in [5, 5.41) is 3.99. The number of halogens is 1. The lowest BCUT2D eigenvalue weighted by Crippen LogP contribution is -2.60. The van der Waals surface area contributed by atoms with Gasteiger partial charge in [0.2, 0.25) is 0 Å². The van der Waals surface area contributed by atoms with Gasteiger partial charge in [0.05, 0.1) is 25.8 Å². The van der Waals surface area contributed by atoms with Gasteiger partial charge < -0.3 is 14.8 Å². The minimum absolute atomic E-state index is 0.252. The molecule has 0 aromatic rings. The second kappa shape index (κ2) is 2.44. The molecular weight excluding hydrogens is 198 g/mol. The van der Waals surface area contributed by atoms with E-state index in [1.807, 2.05) is 0 Å². The molecule has 0 aromatic heterocycles. The second-order valence-corrected chi connectivity index (χ2v) is 3.37. The molecule has 2 aliphatic heterocycles. The van der Waals surface area contributed by atoms with Crippen molar-refractivity contribution in [3.8, 4) is 0 Å². The maximum atomic E-state index is 5.60. The molecule has 0 aliphatic carbocycles. The lowest BCUT2D eigenvalue weighted by molar-refractivity contribution is -0.194. The summed E-state index contributed by atoms with van der Waals surface area (Å²) in [4.78, 5) is 0. The second-order valence-electron chi connectivity index (χ2n) is 2.72. The fourth-order valence-corrected chi connectivity index (χ4v) is 1.53. The van der Waals surface area contributed by atoms with Crippen LogP contribution in [-0.2, 0) is 9.47 Å². The number of ether oxygens (including phenoxy) is 2. The van der Waals surface area contributed by atoms with Gasteiger partial charge in [-0.1, -0.05) is 15.9 Å². The fraction of sp³-hybridized carbons (Fsp3) is 1.00. The number of hydrogen-bond donors (Lipinski definition) is 1. The van der Waals surface area contributed by atoms with Gasteiger partial charge in [0.15, 0.2) is 5.79 Å². The Morgan fingerprint density at radius 2 is 2.40 bits per heavy atom. The molecule has 1 spiro atoms. The van der Waals surface area contributed by atoms with E-state index in [1.54, 1.807) is 0 Å². The summed E-state index contributed by atoms with van der Waals surface area (Å²) >= 11 is 3.36. The molecular formula is C6H10BrNO2. The van der Waals surface area contributed by atoms with Crippen LogP contribution in [0.15, 0.2) is 0 Å². The van der Waals surface area contributed by atoms with Crippen LogP contribution in [0.1, 0.15) is 0 Å². The first-order chi connectivity index (χ1) is 4.85. The summed E-state index contributed by atoms with van der Waals surface area (Å²) in [5.74, 6) is -0.252. The zero-order valence-electron chi connectivity index (χ0n) is 5.60. The Morgan fingerprint density at radius 1 is 1.60 bits per heavy atom. The number of hydrogen-bond acceptors (Lipinski definition) is 3. The quantitative estimate of drug-likeness (QED) is 0.620. The van der Waals surface area contributed by atoms with Crippen molar-refractivity contribution in [3.63, 3.8) is 0 Å². The summed E-state index contributed by atoms with van der Waals surface area (Å²) in [6.45, 7) is 2.42. The van der Waals surface area contributed by atoms with Crippen LogP contribution in [-0.4, -0.2) is 36.9 Å². The van der Waals surface area contributed by atoms with Crippen molar-refractivity contribution < 1.29 is 9.47 Å². The highest BCUT2D eigenvalue weighted by atomic mass is 79.9. The van der Waals surface area contributed by atoms with Gasteiger partial charge in [0, 0.05) is 5.33 Å². The number of nitrogens with one attached hydrogen (secondary N) is 1. The predicted octanol–water partition coefficient (Wildman–Crippen LogP) is 0.0962. The summed E-state index contributed by atoms with van der Waals surface area (Å²) < 4.78 is 11.1. The topological polar surface area (TPSA) is 30.5 Å². The van der Waals surface area contributed by atoms with E-state index >= 15 is 0 Å². The first-order valence-corrected chi connectivity index (χ1v) is 4.55. The average molecular weight is 208 g/mol. The highest BCUT2D eigenvalue weighted by molar-refractivity contribution is 9.09. The van der Waals surface area contributed by atoms with Crippen LogP contribution in [0.4, 0.5) is 0 Å². The van der Waals surface area contributed by atoms with Gasteiger partial charge in [0.25, 0.3) is 0 Å². The van der Waals surface area contributed by atoms with Gasteiger partial charge in [-0.2, -0.15) is 0 Å². The van der Waals surface area contributed by atoms with Gasteiger partial charge in [-0.15, -0.1) is 0 Å². The van der Waals surface area contributed by atoms with Crippen molar-refractivity contribution in [1.82, 2.24) is 5.32 Å². The molecule has 0 radical (unpaired) electrons. The Hall–Kier alpha value is 0.360. The van der Waals surface area contributed by atoms with Crippen molar-refractivity contribution in [2.75, 3.05) is 25.0 Å². The SMILES string of the molecule is BrCC1COC2(CNC2)O1. The van der Waals surface area contributed by atoms with Gasteiger partial charge in [-0.3, -0.25) is 0 Å². The predicted molar refractivity (Wildman–Crippen MR) is 40.2 cm³/mol. The largest absolute Gasteiger partial charge is 0.345 e. The third kappa shape index (κ3) is 0.993. The summed E-state index contributed by atoms with van der Waals surface area (Å²) in [7, 11) is 0. The van der Waals surface area contributed by atoms with Crippen molar-refractivity contribution in [2.24, 2.45) is 0 Å². The Bertz CT molecular complexity index is 138. The van der Waals surface area contributed by atoms with Crippen LogP contribution in [0.5, 0.6) is 0 Å². The Labute approximate surface area is 68.2 Å². The minimum atomic E-state index is -0.252. The van der Waals surface area contributed by atoms with E-state index in [1.165, 1.54) is 0 Å². The molecule has 2 aliphatic rings. The molecule has 10 heavy (non-hydrogen) atoms. The molecule has 0 amide bonds. The molecule has 2 heterocycles. The zero-order valence-corrected chi connectivity index (χ0v) is 7.19. The van der Waals surface area contributed by atoms with Crippen LogP contribution in [0.25, 0.3) is 0 Å². The van der Waals surface area contributed by atoms with Gasteiger partial charge >= 0.3 is 0 Å². The van der Waals surface area contributed by atoms with E-state index in [2.05, 4.69) is 21.2 Å². The van der Waals surface area contributed by atoms with E-state index in [0.717, 1.165) is 25.0 Å². The van der Waals surface area contributed by atoms with Crippen LogP contribution in [0, 0.1) is 0 Å². The molecule has 1 atom stereocenters. The lowest BCUT2D eigenvalue weighted by Gasteiger charge is -2.36. The number of rotatable bonds is 1. The van der Waals surface area contributed by atoms with Crippen molar-refractivity contribution in [3.05, 3.63) is 0 Å². The highest BCUT2D eigenvalue weighted by Crippen LogP contribution is 2.27. The smallest absolute Gasteiger partial charge is 0.193 e. The molecule has 1 N–H and O–H groups in total. The van der Waals surface area contributed by atoms with E-state index < -0.39 is 0 Å². The molecule has 2 rings (SSSR count). The van der Waals surface area contributed by atoms with Gasteiger partial charge in [-0.05, 0) is 0 Å². The highest BCUT2D eigenvalue weighted by Gasteiger charge is 2.46. The van der Waals surface area contributed by atoms with E-state index in [0.29, 0.717) is 0 Å². The van der Waals surface area contributed by atoms with Gasteiger partial charge in [-0.25, -0.2) is 0 Å². The molecule has 0 saturated carbocycles. The molecule has 2 fully saturated rings. The molecule has 4 heteroatoms. The van der Waals surface area contributed by atoms with E-state index in [9.17, 15) is 0 Å². The molecule has 0 bridgehead atoms. The van der Waals surface area contributed by atoms with Crippen molar-refractivity contribution >= 4 is 15.9 Å². The van der Waals surface area contributed by atoms with Crippen LogP contribution in [0.3, 0.4) is 0 Å². The molecule has 1 unspecified atom stereocenters. The standard InChI is InChI=1S/C6H10BrNO2/c7-1-5-2-9-6(10-5)3-8-4-6/h5,8H,1-4H2. The first kappa shape index (κ1) is 7.03. The fourth-order valence-electron chi connectivity index (χ4n) is 1.21. The Kier molecular flexibility index (Phi) is 1.72. The van der Waals surface area contributed by atoms with E-state index in [-0.39, 0.29) is 11.9 Å². The molecule has 2 saturated heterocycles. The molecule has 0 aromatic carbocycles. The van der Waals surface area contributed by atoms with Crippen LogP contribution in [0.2, 0.25) is 0 Å². The summed E-state index contributed by atoms with van der Waals surface area (Å²) in [6.07, 6.45) is 0.252. The molecule has 58 valence electrons. The van der Waals surface area contributed by atoms with Crippen LogP contribution >= 0.6 is 15.9 Å². The zero-order chi connectivity index (χ0) is 7.03. The Morgan fingerprint density at radius 3 is 2.70 bits per heavy atom. The molecule has 3 nitrogen and oxygen atoms in total.